The van der Waals surface area contributed by atoms with E-state index in [9.17, 15) is 13.2 Å². The Morgan fingerprint density at radius 2 is 2.07 bits per heavy atom. The van der Waals surface area contributed by atoms with E-state index < -0.39 is 15.9 Å². The molecule has 1 aliphatic heterocycles. The minimum atomic E-state index is -2.99. The minimum absolute atomic E-state index is 0.0921. The second kappa shape index (κ2) is 8.39. The van der Waals surface area contributed by atoms with Crippen molar-refractivity contribution in [2.45, 2.75) is 50.7 Å². The zero-order chi connectivity index (χ0) is 21.3. The van der Waals surface area contributed by atoms with E-state index in [1.54, 1.807) is 25.1 Å². The van der Waals surface area contributed by atoms with E-state index in [0.717, 1.165) is 35.6 Å². The van der Waals surface area contributed by atoms with Crippen LogP contribution >= 0.6 is 0 Å². The summed E-state index contributed by atoms with van der Waals surface area (Å²) in [5.41, 5.74) is 2.37. The van der Waals surface area contributed by atoms with Gasteiger partial charge in [-0.15, -0.1) is 0 Å². The van der Waals surface area contributed by atoms with Crippen molar-refractivity contribution < 1.29 is 13.2 Å². The summed E-state index contributed by atoms with van der Waals surface area (Å²) in [6.45, 7) is 2.11. The highest BCUT2D eigenvalue weighted by atomic mass is 32.2. The van der Waals surface area contributed by atoms with Crippen molar-refractivity contribution >= 4 is 15.7 Å². The average molecular weight is 430 g/mol. The number of pyridine rings is 1. The van der Waals surface area contributed by atoms with Gasteiger partial charge >= 0.3 is 0 Å². The maximum Gasteiger partial charge on any atom is 0.239 e. The monoisotopic (exact) mass is 429 g/mol. The first-order valence-corrected chi connectivity index (χ1v) is 12.1. The van der Waals surface area contributed by atoms with Gasteiger partial charge in [-0.05, 0) is 38.3 Å². The zero-order valence-corrected chi connectivity index (χ0v) is 18.1. The van der Waals surface area contributed by atoms with Gasteiger partial charge in [0.15, 0.2) is 9.84 Å². The number of likely N-dealkylation sites (N-methyl/N-ethyl adjacent to an activating group) is 1. The maximum atomic E-state index is 12.9. The Kier molecular flexibility index (Phi) is 5.84. The van der Waals surface area contributed by atoms with Crippen molar-refractivity contribution in [2.75, 3.05) is 18.6 Å². The SMILES string of the molecule is C[C@H](N[C@H]1CCS(=O)(=O)C1)C(=O)N(C)Cc1nc(C2CC2)ncc1-c1ccccn1. The number of sulfone groups is 1. The molecule has 0 unspecified atom stereocenters. The zero-order valence-electron chi connectivity index (χ0n) is 17.3. The minimum Gasteiger partial charge on any atom is -0.338 e. The van der Waals surface area contributed by atoms with Gasteiger partial charge in [0.1, 0.15) is 5.82 Å². The molecule has 160 valence electrons. The van der Waals surface area contributed by atoms with Crippen LogP contribution in [0.4, 0.5) is 0 Å². The van der Waals surface area contributed by atoms with E-state index in [2.05, 4.69) is 15.3 Å². The number of rotatable bonds is 7. The fourth-order valence-electron chi connectivity index (χ4n) is 3.81. The molecule has 1 saturated heterocycles. The van der Waals surface area contributed by atoms with Crippen LogP contribution in [0, 0.1) is 0 Å². The summed E-state index contributed by atoms with van der Waals surface area (Å²) in [6, 6.07) is 5.03. The second-order valence-electron chi connectivity index (χ2n) is 8.26. The normalized spacial score (nSPS) is 21.3. The van der Waals surface area contributed by atoms with E-state index >= 15 is 0 Å². The van der Waals surface area contributed by atoms with Crippen LogP contribution < -0.4 is 5.32 Å². The lowest BCUT2D eigenvalue weighted by atomic mass is 10.1. The molecule has 0 bridgehead atoms. The molecule has 2 aromatic rings. The fourth-order valence-corrected chi connectivity index (χ4v) is 5.50. The summed E-state index contributed by atoms with van der Waals surface area (Å²) in [5, 5.41) is 3.17. The highest BCUT2D eigenvalue weighted by molar-refractivity contribution is 7.91. The maximum absolute atomic E-state index is 12.9. The molecule has 2 fully saturated rings. The predicted molar refractivity (Wildman–Crippen MR) is 113 cm³/mol. The molecule has 0 spiro atoms. The van der Waals surface area contributed by atoms with Gasteiger partial charge in [0, 0.05) is 37.0 Å². The quantitative estimate of drug-likeness (QED) is 0.712. The third kappa shape index (κ3) is 4.84. The molecule has 1 N–H and O–H groups in total. The molecule has 9 heteroatoms. The van der Waals surface area contributed by atoms with Gasteiger partial charge in [0.25, 0.3) is 0 Å². The van der Waals surface area contributed by atoms with Gasteiger partial charge in [0.05, 0.1) is 35.5 Å². The summed E-state index contributed by atoms with van der Waals surface area (Å²) < 4.78 is 23.4. The Bertz CT molecular complexity index is 1020. The molecular weight excluding hydrogens is 402 g/mol. The van der Waals surface area contributed by atoms with Gasteiger partial charge in [0.2, 0.25) is 5.91 Å². The Labute approximate surface area is 177 Å². The summed E-state index contributed by atoms with van der Waals surface area (Å²) in [6.07, 6.45) is 6.28. The fraction of sp³-hybridized carbons (Fsp3) is 0.524. The molecule has 2 aliphatic rings. The van der Waals surface area contributed by atoms with Crippen molar-refractivity contribution in [3.63, 3.8) is 0 Å². The molecule has 8 nitrogen and oxygen atoms in total. The lowest BCUT2D eigenvalue weighted by molar-refractivity contribution is -0.132. The largest absolute Gasteiger partial charge is 0.338 e. The molecule has 4 rings (SSSR count). The van der Waals surface area contributed by atoms with Crippen LogP contribution in [0.3, 0.4) is 0 Å². The lowest BCUT2D eigenvalue weighted by Crippen LogP contribution is -2.47. The number of carbonyl (C=O) groups excluding carboxylic acids is 1. The number of nitrogens with one attached hydrogen (secondary N) is 1. The van der Waals surface area contributed by atoms with Crippen molar-refractivity contribution in [1.29, 1.82) is 0 Å². The standard InChI is InChI=1S/C21H27N5O3S/c1-14(24-16-8-10-30(28,29)13-16)21(27)26(2)12-19-17(18-5-3-4-9-22-18)11-23-20(25-19)15-6-7-15/h3-5,9,11,14-16,24H,6-8,10,12-13H2,1-2H3/t14-,16-/m0/s1. The van der Waals surface area contributed by atoms with Crippen molar-refractivity contribution in [2.24, 2.45) is 0 Å². The van der Waals surface area contributed by atoms with E-state index in [4.69, 9.17) is 4.98 Å². The van der Waals surface area contributed by atoms with Gasteiger partial charge in [-0.2, -0.15) is 0 Å². The molecule has 2 aromatic heterocycles. The van der Waals surface area contributed by atoms with Gasteiger partial charge in [-0.1, -0.05) is 6.07 Å². The van der Waals surface area contributed by atoms with Crippen molar-refractivity contribution in [3.05, 3.63) is 42.1 Å². The van der Waals surface area contributed by atoms with Gasteiger partial charge in [-0.25, -0.2) is 18.4 Å². The van der Waals surface area contributed by atoms with Gasteiger partial charge in [-0.3, -0.25) is 9.78 Å². The van der Waals surface area contributed by atoms with Crippen LogP contribution in [0.5, 0.6) is 0 Å². The summed E-state index contributed by atoms with van der Waals surface area (Å²) in [4.78, 5) is 28.3. The van der Waals surface area contributed by atoms with Crippen LogP contribution in [0.25, 0.3) is 11.3 Å². The second-order valence-corrected chi connectivity index (χ2v) is 10.5. The Balaban J connectivity index is 1.49. The first kappa shape index (κ1) is 20.9. The number of hydrogen-bond donors (Lipinski definition) is 1. The van der Waals surface area contributed by atoms with Crippen LogP contribution in [0.1, 0.15) is 43.6 Å². The van der Waals surface area contributed by atoms with Crippen LogP contribution in [0.15, 0.2) is 30.6 Å². The lowest BCUT2D eigenvalue weighted by Gasteiger charge is -2.24. The number of carbonyl (C=O) groups is 1. The number of nitrogens with zero attached hydrogens (tertiary/aromatic N) is 4. The molecule has 0 aromatic carbocycles. The summed E-state index contributed by atoms with van der Waals surface area (Å²) in [7, 11) is -1.25. The molecular formula is C21H27N5O3S. The van der Waals surface area contributed by atoms with Crippen LogP contribution in [0.2, 0.25) is 0 Å². The van der Waals surface area contributed by atoms with E-state index in [1.165, 1.54) is 0 Å². The summed E-state index contributed by atoms with van der Waals surface area (Å²) in [5.74, 6) is 1.41. The molecule has 1 saturated carbocycles. The van der Waals surface area contributed by atoms with Crippen molar-refractivity contribution in [3.8, 4) is 11.3 Å². The third-order valence-corrected chi connectivity index (χ3v) is 7.39. The predicted octanol–water partition coefficient (Wildman–Crippen LogP) is 1.54. The highest BCUT2D eigenvalue weighted by Gasteiger charge is 2.31. The molecule has 2 atom stereocenters. The molecule has 1 amide bonds. The topological polar surface area (TPSA) is 105 Å². The van der Waals surface area contributed by atoms with E-state index in [0.29, 0.717) is 18.9 Å². The molecule has 3 heterocycles. The number of hydrogen-bond acceptors (Lipinski definition) is 7. The Morgan fingerprint density at radius 3 is 2.70 bits per heavy atom. The van der Waals surface area contributed by atoms with E-state index in [-0.39, 0.29) is 23.5 Å². The van der Waals surface area contributed by atoms with E-state index in [1.807, 2.05) is 24.4 Å². The van der Waals surface area contributed by atoms with Crippen LogP contribution in [-0.2, 0) is 21.2 Å². The number of amides is 1. The third-order valence-electron chi connectivity index (χ3n) is 5.62. The van der Waals surface area contributed by atoms with Crippen LogP contribution in [-0.4, -0.2) is 64.8 Å². The molecule has 1 aliphatic carbocycles. The van der Waals surface area contributed by atoms with Gasteiger partial charge < -0.3 is 10.2 Å². The Morgan fingerprint density at radius 1 is 1.27 bits per heavy atom. The smallest absolute Gasteiger partial charge is 0.239 e. The van der Waals surface area contributed by atoms with Crippen molar-refractivity contribution in [1.82, 2.24) is 25.2 Å². The molecule has 0 radical (unpaired) electrons. The Hall–Kier alpha value is -2.39. The number of aromatic nitrogens is 3. The summed E-state index contributed by atoms with van der Waals surface area (Å²) >= 11 is 0. The highest BCUT2D eigenvalue weighted by Crippen LogP contribution is 2.38. The average Bonchev–Trinajstić information content (AvgIpc) is 3.52. The first-order valence-electron chi connectivity index (χ1n) is 10.3. The molecule has 30 heavy (non-hydrogen) atoms. The first-order chi connectivity index (χ1) is 14.3.